The smallest absolute Gasteiger partial charge is 0.220 e. The second kappa shape index (κ2) is 6.60. The Morgan fingerprint density at radius 3 is 3.00 bits per heavy atom. The van der Waals surface area contributed by atoms with Gasteiger partial charge in [-0.05, 0) is 26.7 Å². The third-order valence-electron chi connectivity index (χ3n) is 2.17. The van der Waals surface area contributed by atoms with E-state index in [0.29, 0.717) is 13.0 Å². The summed E-state index contributed by atoms with van der Waals surface area (Å²) in [7, 11) is 0. The van der Waals surface area contributed by atoms with Crippen molar-refractivity contribution in [1.82, 2.24) is 10.3 Å². The van der Waals surface area contributed by atoms with Gasteiger partial charge in [0.15, 0.2) is 0 Å². The monoisotopic (exact) mass is 241 g/mol. The average molecular weight is 241 g/mol. The van der Waals surface area contributed by atoms with Crippen molar-refractivity contribution in [2.24, 2.45) is 5.73 Å². The Morgan fingerprint density at radius 2 is 2.44 bits per heavy atom. The number of nitrogens with zero attached hydrogens (tertiary/aromatic N) is 1. The molecule has 90 valence electrons. The molecule has 0 aliphatic heterocycles. The van der Waals surface area contributed by atoms with Crippen LogP contribution in [0.3, 0.4) is 0 Å². The molecular formula is C11H19N3OS. The first-order valence-electron chi connectivity index (χ1n) is 5.51. The Morgan fingerprint density at radius 1 is 1.69 bits per heavy atom. The van der Waals surface area contributed by atoms with Gasteiger partial charge in [-0.2, -0.15) is 0 Å². The van der Waals surface area contributed by atoms with Crippen molar-refractivity contribution < 1.29 is 4.79 Å². The average Bonchev–Trinajstić information content (AvgIpc) is 2.61. The lowest BCUT2D eigenvalue weighted by Crippen LogP contribution is -2.23. The van der Waals surface area contributed by atoms with Gasteiger partial charge in [0.25, 0.3) is 0 Å². The summed E-state index contributed by atoms with van der Waals surface area (Å²) in [6.07, 6.45) is 2.29. The number of nitrogens with one attached hydrogen (secondary N) is 1. The van der Waals surface area contributed by atoms with Gasteiger partial charge in [-0.1, -0.05) is 0 Å². The van der Waals surface area contributed by atoms with E-state index in [1.807, 2.05) is 19.2 Å². The third kappa shape index (κ3) is 5.23. The Labute approximate surface area is 100 Å². The van der Waals surface area contributed by atoms with E-state index in [1.165, 1.54) is 0 Å². The van der Waals surface area contributed by atoms with E-state index in [4.69, 9.17) is 5.73 Å². The molecule has 16 heavy (non-hydrogen) atoms. The molecule has 0 saturated heterocycles. The molecule has 0 fully saturated rings. The molecule has 0 aliphatic rings. The van der Waals surface area contributed by atoms with Gasteiger partial charge in [-0.3, -0.25) is 4.79 Å². The largest absolute Gasteiger partial charge is 0.350 e. The van der Waals surface area contributed by atoms with E-state index in [1.54, 1.807) is 11.3 Å². The summed E-state index contributed by atoms with van der Waals surface area (Å²) >= 11 is 1.57. The molecule has 3 N–H and O–H groups in total. The SMILES string of the molecule is Cc1csc(CNC(=O)CCCC(C)N)n1. The van der Waals surface area contributed by atoms with Crippen molar-refractivity contribution in [1.29, 1.82) is 0 Å². The standard InChI is InChI=1S/C11H19N3OS/c1-8(12)4-3-5-10(15)13-6-11-14-9(2)7-16-11/h7-8H,3-6,12H2,1-2H3,(H,13,15). The maximum absolute atomic E-state index is 11.4. The first-order valence-corrected chi connectivity index (χ1v) is 6.39. The minimum atomic E-state index is 0.0773. The van der Waals surface area contributed by atoms with Crippen molar-refractivity contribution in [3.05, 3.63) is 16.1 Å². The van der Waals surface area contributed by atoms with Crippen LogP contribution >= 0.6 is 11.3 Å². The molecule has 1 unspecified atom stereocenters. The number of thiazole rings is 1. The zero-order valence-corrected chi connectivity index (χ0v) is 10.6. The number of nitrogens with two attached hydrogens (primary N) is 1. The predicted molar refractivity (Wildman–Crippen MR) is 66.2 cm³/mol. The Balaban J connectivity index is 2.15. The van der Waals surface area contributed by atoms with Crippen LogP contribution in [-0.4, -0.2) is 16.9 Å². The first-order chi connectivity index (χ1) is 7.58. The summed E-state index contributed by atoms with van der Waals surface area (Å²) < 4.78 is 0. The van der Waals surface area contributed by atoms with Crippen LogP contribution < -0.4 is 11.1 Å². The second-order valence-electron chi connectivity index (χ2n) is 4.03. The molecule has 1 aromatic rings. The Bertz CT molecular complexity index is 336. The summed E-state index contributed by atoms with van der Waals surface area (Å²) in [5.74, 6) is 0.0773. The summed E-state index contributed by atoms with van der Waals surface area (Å²) in [6, 6.07) is 0.175. The van der Waals surface area contributed by atoms with Crippen LogP contribution in [0.4, 0.5) is 0 Å². The second-order valence-corrected chi connectivity index (χ2v) is 4.97. The van der Waals surface area contributed by atoms with Gasteiger partial charge in [0.2, 0.25) is 5.91 Å². The molecule has 0 saturated carbocycles. The fourth-order valence-electron chi connectivity index (χ4n) is 1.33. The fraction of sp³-hybridized carbons (Fsp3) is 0.636. The lowest BCUT2D eigenvalue weighted by molar-refractivity contribution is -0.121. The number of hydrogen-bond acceptors (Lipinski definition) is 4. The highest BCUT2D eigenvalue weighted by atomic mass is 32.1. The number of carbonyl (C=O) groups excluding carboxylic acids is 1. The molecule has 0 bridgehead atoms. The van der Waals surface area contributed by atoms with Crippen molar-refractivity contribution >= 4 is 17.2 Å². The van der Waals surface area contributed by atoms with E-state index < -0.39 is 0 Å². The highest BCUT2D eigenvalue weighted by molar-refractivity contribution is 7.09. The van der Waals surface area contributed by atoms with Crippen LogP contribution in [0.5, 0.6) is 0 Å². The van der Waals surface area contributed by atoms with Crippen LogP contribution in [0, 0.1) is 6.92 Å². The highest BCUT2D eigenvalue weighted by Crippen LogP contribution is 2.08. The molecule has 0 radical (unpaired) electrons. The summed E-state index contributed by atoms with van der Waals surface area (Å²) in [5.41, 5.74) is 6.61. The number of aryl methyl sites for hydroxylation is 1. The van der Waals surface area contributed by atoms with Crippen LogP contribution in [0.25, 0.3) is 0 Å². The van der Waals surface area contributed by atoms with Gasteiger partial charge in [0, 0.05) is 23.5 Å². The molecule has 1 atom stereocenters. The van der Waals surface area contributed by atoms with Crippen LogP contribution in [0.1, 0.15) is 36.9 Å². The zero-order chi connectivity index (χ0) is 12.0. The van der Waals surface area contributed by atoms with Crippen LogP contribution in [0.15, 0.2) is 5.38 Å². The molecule has 0 aromatic carbocycles. The maximum atomic E-state index is 11.4. The minimum Gasteiger partial charge on any atom is -0.350 e. The van der Waals surface area contributed by atoms with Crippen LogP contribution in [-0.2, 0) is 11.3 Å². The number of amides is 1. The lowest BCUT2D eigenvalue weighted by Gasteiger charge is -2.05. The Hall–Kier alpha value is -0.940. The quantitative estimate of drug-likeness (QED) is 0.794. The van der Waals surface area contributed by atoms with E-state index in [0.717, 1.165) is 23.5 Å². The number of hydrogen-bond donors (Lipinski definition) is 2. The predicted octanol–water partition coefficient (Wildman–Crippen LogP) is 1.59. The normalized spacial score (nSPS) is 12.4. The maximum Gasteiger partial charge on any atom is 0.220 e. The third-order valence-corrected chi connectivity index (χ3v) is 3.13. The van der Waals surface area contributed by atoms with Crippen molar-refractivity contribution in [3.63, 3.8) is 0 Å². The zero-order valence-electron chi connectivity index (χ0n) is 9.82. The molecule has 0 aliphatic carbocycles. The van der Waals surface area contributed by atoms with Gasteiger partial charge in [0.1, 0.15) is 5.01 Å². The topological polar surface area (TPSA) is 68.0 Å². The number of aromatic nitrogens is 1. The van der Waals surface area contributed by atoms with Gasteiger partial charge >= 0.3 is 0 Å². The molecule has 1 rings (SSSR count). The molecule has 0 spiro atoms. The van der Waals surface area contributed by atoms with Gasteiger partial charge in [0.05, 0.1) is 6.54 Å². The van der Waals surface area contributed by atoms with E-state index in [-0.39, 0.29) is 11.9 Å². The van der Waals surface area contributed by atoms with Crippen molar-refractivity contribution in [2.75, 3.05) is 0 Å². The Kier molecular flexibility index (Phi) is 5.42. The van der Waals surface area contributed by atoms with Gasteiger partial charge in [-0.25, -0.2) is 4.98 Å². The highest BCUT2D eigenvalue weighted by Gasteiger charge is 2.04. The van der Waals surface area contributed by atoms with E-state index >= 15 is 0 Å². The van der Waals surface area contributed by atoms with Crippen LogP contribution in [0.2, 0.25) is 0 Å². The molecule has 4 nitrogen and oxygen atoms in total. The molecule has 1 heterocycles. The van der Waals surface area contributed by atoms with E-state index in [9.17, 15) is 4.79 Å². The first kappa shape index (κ1) is 13.1. The summed E-state index contributed by atoms with van der Waals surface area (Å²) in [5, 5.41) is 5.79. The minimum absolute atomic E-state index is 0.0773. The molecular weight excluding hydrogens is 222 g/mol. The van der Waals surface area contributed by atoms with Crippen molar-refractivity contribution in [2.45, 2.75) is 45.7 Å². The molecule has 1 amide bonds. The van der Waals surface area contributed by atoms with Crippen molar-refractivity contribution in [3.8, 4) is 0 Å². The van der Waals surface area contributed by atoms with Gasteiger partial charge < -0.3 is 11.1 Å². The fourth-order valence-corrected chi connectivity index (χ4v) is 2.04. The molecule has 1 aromatic heterocycles. The number of rotatable bonds is 6. The summed E-state index contributed by atoms with van der Waals surface area (Å²) in [4.78, 5) is 15.7. The number of carbonyl (C=O) groups is 1. The summed E-state index contributed by atoms with van der Waals surface area (Å²) in [6.45, 7) is 4.44. The lowest BCUT2D eigenvalue weighted by atomic mass is 10.1. The van der Waals surface area contributed by atoms with E-state index in [2.05, 4.69) is 10.3 Å². The van der Waals surface area contributed by atoms with Gasteiger partial charge in [-0.15, -0.1) is 11.3 Å². The molecule has 5 heteroatoms.